The van der Waals surface area contributed by atoms with E-state index in [0.717, 1.165) is 114 Å². The standard InChI is InChI=1S/C42H79O6.C40H78O5.C12H18N2O2.C8H9N2O2.C5H7N3O.I2.Y/c1-37(2)32-28-24-20-16-12-8-6-10-14-18-22-26-30-34-46-41(44)36-40(48-39(5)43)42(45)47-35-31-27-23-19-15-11-7-9-13-17-21-25-29-33-38(3)4;1-36(2)31-27-23-19-15-11-7-5-9-13-17-21-25-29-33-44-39(42)35-38(41)40(43)45-34-30-26-22-18-14-10-6-8-12-16-20-24-28-32-37(3)4;1-11(2)4-10(14-9-15)5-12(3,6-11)7-16-8-13;1-5-3-8(12)10-7(9-5)4-6(2)11;1-3-2-4(9)8-5(6)7-3;1-2;/h37-38,40H,5-36H2,1-4H3;36-38,41H,5-35H2,1-4H3;10H,4-7H2,1-3H3;3H,2,4H2,1H3,(H,9,10,12);2H,1H3,(H3,6,7,8,9);;/q-1;;;-1;;;. The number of unbranched alkanes of at least 4 members (excludes halogenated alkanes) is 48. The third-order valence-corrected chi connectivity index (χ3v) is 23.6. The van der Waals surface area contributed by atoms with Crippen molar-refractivity contribution >= 4 is 84.9 Å². The summed E-state index contributed by atoms with van der Waals surface area (Å²) < 4.78 is 30.8. The molecule has 26 heteroatoms. The van der Waals surface area contributed by atoms with Gasteiger partial charge in [0.15, 0.2) is 12.1 Å². The van der Waals surface area contributed by atoms with Gasteiger partial charge < -0.3 is 56.0 Å². The molecule has 4 atom stereocenters. The summed E-state index contributed by atoms with van der Waals surface area (Å²) >= 11 is 4.24. The van der Waals surface area contributed by atoms with Gasteiger partial charge in [0.2, 0.25) is 18.1 Å². The zero-order chi connectivity index (χ0) is 99.0. The van der Waals surface area contributed by atoms with Gasteiger partial charge in [-0.15, -0.1) is 0 Å². The Morgan fingerprint density at radius 2 is 0.767 bits per heavy atom. The fourth-order valence-electron chi connectivity index (χ4n) is 16.7. The van der Waals surface area contributed by atoms with E-state index in [1.807, 2.05) is 0 Å². The molecule has 2 heterocycles. The van der Waals surface area contributed by atoms with Crippen molar-refractivity contribution in [2.24, 2.45) is 39.5 Å². The number of nitrogen functional groups attached to an aromatic ring is 1. The van der Waals surface area contributed by atoms with E-state index in [-0.39, 0.29) is 98.3 Å². The van der Waals surface area contributed by atoms with Crippen LogP contribution in [0.2, 0.25) is 0 Å². The largest absolute Gasteiger partial charge is 0.473 e. The van der Waals surface area contributed by atoms with Crippen molar-refractivity contribution < 1.29 is 99.8 Å². The number of nitriles is 1. The smallest absolute Gasteiger partial charge is 0.347 e. The molecular weight excluding hydrogens is 1980 g/mol. The normalized spacial score (nSPS) is 13.9. The average molecular weight is 2170 g/mol. The summed E-state index contributed by atoms with van der Waals surface area (Å²) in [5.74, 6) is 0.289. The molecule has 0 aliphatic heterocycles. The first kappa shape index (κ1) is 135. The van der Waals surface area contributed by atoms with Crippen LogP contribution in [-0.4, -0.2) is 118 Å². The second kappa shape index (κ2) is 95.1. The number of carbonyl (C=O) groups is 6. The predicted molar refractivity (Wildman–Crippen MR) is 557 cm³/mol. The van der Waals surface area contributed by atoms with Crippen molar-refractivity contribution in [1.29, 1.82) is 5.26 Å². The van der Waals surface area contributed by atoms with Crippen LogP contribution in [0.3, 0.4) is 0 Å². The molecule has 0 aromatic carbocycles. The number of halogens is 2. The van der Waals surface area contributed by atoms with Crippen LogP contribution in [0.5, 0.6) is 0 Å². The average Bonchev–Trinajstić information content (AvgIpc) is 0.801. The number of Topliss-reactive ketones (excluding diaryl/α,β-unsaturated/α-hetero) is 1. The molecule has 0 saturated heterocycles. The number of aliphatic hydroxyl groups excluding tert-OH is 1. The summed E-state index contributed by atoms with van der Waals surface area (Å²) in [7, 11) is 0. The van der Waals surface area contributed by atoms with E-state index in [4.69, 9.17) is 39.4 Å². The fourth-order valence-corrected chi connectivity index (χ4v) is 16.7. The molecule has 0 spiro atoms. The Morgan fingerprint density at radius 1 is 0.474 bits per heavy atom. The van der Waals surface area contributed by atoms with E-state index < -0.39 is 42.1 Å². The number of aliphatic imine (C=N–C) groups is 1. The minimum absolute atomic E-state index is 0. The van der Waals surface area contributed by atoms with E-state index in [9.17, 15) is 48.3 Å². The molecule has 0 amide bonds. The van der Waals surface area contributed by atoms with E-state index in [1.54, 1.807) is 26.2 Å². The Balaban J connectivity index is -0.000000883. The summed E-state index contributed by atoms with van der Waals surface area (Å²) in [6.45, 7) is 36.3. The molecule has 3 rings (SSSR count). The van der Waals surface area contributed by atoms with E-state index in [1.165, 1.54) is 301 Å². The van der Waals surface area contributed by atoms with Gasteiger partial charge in [-0.2, -0.15) is 5.26 Å². The molecular formula is C107H191I2N7O16Y-2. The molecule has 1 saturated carbocycles. The van der Waals surface area contributed by atoms with Gasteiger partial charge in [0.05, 0.1) is 45.3 Å². The van der Waals surface area contributed by atoms with Gasteiger partial charge in [-0.1, -0.05) is 410 Å². The number of hydrogen-bond donors (Lipinski definition) is 4. The third kappa shape index (κ3) is 97.5. The molecule has 2 aromatic rings. The molecule has 2 aromatic heterocycles. The maximum atomic E-state index is 12.5. The minimum atomic E-state index is -1.43. The van der Waals surface area contributed by atoms with Crippen molar-refractivity contribution in [3.05, 3.63) is 63.9 Å². The van der Waals surface area contributed by atoms with E-state index in [0.29, 0.717) is 43.6 Å². The molecule has 133 heavy (non-hydrogen) atoms. The number of rotatable bonds is 76. The second-order valence-electron chi connectivity index (χ2n) is 39.9. The summed E-state index contributed by atoms with van der Waals surface area (Å²) in [6, 6.07) is 2.77. The number of H-pyrrole nitrogens is 2. The molecule has 5 N–H and O–H groups in total. The molecule has 0 bridgehead atoms. The Labute approximate surface area is 857 Å². The number of nitrogens with zero attached hydrogens (tertiary/aromatic N) is 4. The number of isocyanates is 1. The van der Waals surface area contributed by atoms with Gasteiger partial charge in [-0.25, -0.2) is 29.3 Å². The summed E-state index contributed by atoms with van der Waals surface area (Å²) in [4.78, 5) is 119. The summed E-state index contributed by atoms with van der Waals surface area (Å²) in [5, 5.41) is 18.4. The van der Waals surface area contributed by atoms with Gasteiger partial charge in [0.25, 0.3) is 17.4 Å². The van der Waals surface area contributed by atoms with Gasteiger partial charge in [-0.3, -0.25) is 35.9 Å². The van der Waals surface area contributed by atoms with Crippen LogP contribution in [0.4, 0.5) is 5.95 Å². The Hall–Kier alpha value is -4.49. The van der Waals surface area contributed by atoms with Gasteiger partial charge in [-0.05, 0) is 87.9 Å². The fraction of sp³-hybridized carbons (Fsp3) is 0.832. The first-order valence-electron chi connectivity index (χ1n) is 52.0. The van der Waals surface area contributed by atoms with Crippen LogP contribution in [0.1, 0.15) is 485 Å². The van der Waals surface area contributed by atoms with E-state index in [2.05, 4.69) is 152 Å². The van der Waals surface area contributed by atoms with Crippen LogP contribution in [0.25, 0.3) is 0 Å². The van der Waals surface area contributed by atoms with Gasteiger partial charge in [0, 0.05) is 111 Å². The third-order valence-electron chi connectivity index (χ3n) is 23.6. The number of aryl methyl sites for hydroxylation is 2. The number of carbonyl (C=O) groups excluding carboxylic acids is 7. The second-order valence-corrected chi connectivity index (χ2v) is 39.9. The molecule has 4 unspecified atom stereocenters. The zero-order valence-electron chi connectivity index (χ0n) is 86.3. The van der Waals surface area contributed by atoms with E-state index >= 15 is 0 Å². The Morgan fingerprint density at radius 3 is 1.05 bits per heavy atom. The molecule has 769 valence electrons. The number of aliphatic hydroxyl groups is 1. The molecule has 23 nitrogen and oxygen atoms in total. The van der Waals surface area contributed by atoms with Crippen LogP contribution < -0.4 is 16.9 Å². The maximum Gasteiger partial charge on any atom is 0.347 e. The van der Waals surface area contributed by atoms with Crippen LogP contribution in [0.15, 0.2) is 26.7 Å². The van der Waals surface area contributed by atoms with Crippen molar-refractivity contribution in [1.82, 2.24) is 19.9 Å². The number of nitrogens with two attached hydrogens (primary N) is 1. The predicted octanol–water partition coefficient (Wildman–Crippen LogP) is 28.4. The number of ketones is 1. The van der Waals surface area contributed by atoms with Crippen molar-refractivity contribution in [3.63, 3.8) is 0 Å². The molecule has 1 aliphatic carbocycles. The number of ether oxygens (including phenoxy) is 6. The van der Waals surface area contributed by atoms with Crippen LogP contribution in [-0.2, 0) is 101 Å². The van der Waals surface area contributed by atoms with Crippen molar-refractivity contribution in [2.45, 2.75) is 506 Å². The summed E-state index contributed by atoms with van der Waals surface area (Å²) in [5.41, 5.74) is 6.03. The number of hydrogen-bond acceptors (Lipinski definition) is 21. The molecule has 1 aliphatic rings. The quantitative estimate of drug-likeness (QED) is 0.00698. The number of nitrogens with one attached hydrogen (secondary N) is 2. The van der Waals surface area contributed by atoms with Gasteiger partial charge >= 0.3 is 23.9 Å². The monoisotopic (exact) mass is 2170 g/mol. The van der Waals surface area contributed by atoms with Crippen molar-refractivity contribution in [2.75, 3.05) is 38.8 Å². The molecule has 1 fully saturated rings. The zero-order valence-corrected chi connectivity index (χ0v) is 93.4. The number of anilines is 1. The first-order valence-corrected chi connectivity index (χ1v) is 58.3. The topological polar surface area (TPSA) is 349 Å². The first-order chi connectivity index (χ1) is 63.2. The Bertz CT molecular complexity index is 3310. The van der Waals surface area contributed by atoms with Crippen LogP contribution >= 0.6 is 37.2 Å². The van der Waals surface area contributed by atoms with Gasteiger partial charge in [0.1, 0.15) is 12.4 Å². The number of aromatic nitrogens is 4. The Kier molecular flexibility index (Phi) is 96.4. The van der Waals surface area contributed by atoms with Crippen LogP contribution in [0, 0.1) is 73.7 Å². The number of esters is 5. The maximum absolute atomic E-state index is 12.5. The van der Waals surface area contributed by atoms with Crippen molar-refractivity contribution in [3.8, 4) is 6.26 Å². The molecule has 1 radical (unpaired) electrons. The minimum Gasteiger partial charge on any atom is -0.473 e. The summed E-state index contributed by atoms with van der Waals surface area (Å²) in [6.07, 6.45) is 73.9. The number of aromatic amines is 2. The SMILES string of the molecule is CC(C)CCCCCCCCCCCCCCCOC(=O)CC(O)C(=O)OCCCCCCCCCCCCCCCC(C)C.CC1(C)CC(N=C=O)CC(C)(COC#N)C1.Cc1cc(=O)[nH]c(N)n1.II.[CH2-]C(=O)Cc1nc(C)cc(=O)[nH]1.[CH2-]C(=O)OC(CC(=O)OCCCCCCCCCCCCCCCC(C)C)C(=O)OCCCCCCCCCCCCCCCC(C)C.[Y].